The number of carboxylic acid groups (broad SMARTS) is 1. The minimum Gasteiger partial charge on any atom is -0.494 e. The van der Waals surface area contributed by atoms with Crippen molar-refractivity contribution in [3.05, 3.63) is 24.3 Å². The third-order valence-electron chi connectivity index (χ3n) is 5.81. The van der Waals surface area contributed by atoms with E-state index in [0.29, 0.717) is 48.9 Å². The second-order valence-electron chi connectivity index (χ2n) is 8.82. The molecule has 0 saturated heterocycles. The molecule has 0 aromatic heterocycles. The number of rotatable bonds is 11. The zero-order chi connectivity index (χ0) is 24.2. The molecule has 0 bridgehead atoms. The molecule has 1 atom stereocenters. The van der Waals surface area contributed by atoms with Gasteiger partial charge in [-0.05, 0) is 64.3 Å². The van der Waals surface area contributed by atoms with Gasteiger partial charge in [0.05, 0.1) is 12.3 Å². The zero-order valence-electron chi connectivity index (χ0n) is 19.9. The first-order valence-corrected chi connectivity index (χ1v) is 11.3. The molecular weight excluding hydrogens is 424 g/mol. The van der Waals surface area contributed by atoms with Gasteiger partial charge < -0.3 is 19.5 Å². The lowest BCUT2D eigenvalue weighted by Crippen LogP contribution is -2.57. The summed E-state index contributed by atoms with van der Waals surface area (Å²) in [6, 6.07) is 6.80. The van der Waals surface area contributed by atoms with Crippen molar-refractivity contribution in [2.45, 2.75) is 71.6 Å². The lowest BCUT2D eigenvalue weighted by atomic mass is 9.97. The first-order chi connectivity index (χ1) is 15.6. The molecule has 1 unspecified atom stereocenters. The molecule has 2 heterocycles. The fourth-order valence-electron chi connectivity index (χ4n) is 3.62. The third-order valence-corrected chi connectivity index (χ3v) is 5.81. The molecule has 0 spiro atoms. The van der Waals surface area contributed by atoms with E-state index in [1.807, 2.05) is 13.8 Å². The lowest BCUT2D eigenvalue weighted by molar-refractivity contribution is -0.152. The van der Waals surface area contributed by atoms with Gasteiger partial charge in [-0.3, -0.25) is 9.79 Å². The number of carboxylic acids is 1. The highest BCUT2D eigenvalue weighted by Crippen LogP contribution is 2.29. The largest absolute Gasteiger partial charge is 0.494 e. The average Bonchev–Trinajstić information content (AvgIpc) is 3.16. The van der Waals surface area contributed by atoms with Crippen molar-refractivity contribution in [2.24, 2.45) is 15.2 Å². The maximum absolute atomic E-state index is 13.1. The molecular formula is C24H32N4O5. The number of hydrogen-bond acceptors (Lipinski definition) is 7. The molecule has 3 rings (SSSR count). The van der Waals surface area contributed by atoms with Crippen molar-refractivity contribution in [1.82, 2.24) is 4.90 Å². The Morgan fingerprint density at radius 3 is 2.39 bits per heavy atom. The lowest BCUT2D eigenvalue weighted by Gasteiger charge is -2.41. The van der Waals surface area contributed by atoms with Gasteiger partial charge >= 0.3 is 5.97 Å². The van der Waals surface area contributed by atoms with Crippen LogP contribution in [-0.2, 0) is 9.59 Å². The van der Waals surface area contributed by atoms with Crippen molar-refractivity contribution in [3.8, 4) is 11.5 Å². The minimum atomic E-state index is -1.32. The van der Waals surface area contributed by atoms with Gasteiger partial charge in [0.1, 0.15) is 22.9 Å². The first-order valence-electron chi connectivity index (χ1n) is 11.3. The molecule has 178 valence electrons. The number of ether oxygens (including phenoxy) is 2. The zero-order valence-corrected chi connectivity index (χ0v) is 19.9. The van der Waals surface area contributed by atoms with Crippen LogP contribution in [0.3, 0.4) is 0 Å². The Kier molecular flexibility index (Phi) is 7.19. The van der Waals surface area contributed by atoms with Crippen LogP contribution in [0, 0.1) is 0 Å². The molecule has 33 heavy (non-hydrogen) atoms. The van der Waals surface area contributed by atoms with Crippen LogP contribution in [0.4, 0.5) is 0 Å². The predicted molar refractivity (Wildman–Crippen MR) is 127 cm³/mol. The van der Waals surface area contributed by atoms with Crippen molar-refractivity contribution < 1.29 is 24.2 Å². The highest BCUT2D eigenvalue weighted by atomic mass is 16.5. The van der Waals surface area contributed by atoms with Crippen molar-refractivity contribution in [2.75, 3.05) is 13.2 Å². The van der Waals surface area contributed by atoms with Crippen molar-refractivity contribution in [3.63, 3.8) is 0 Å². The number of carbonyl (C=O) groups is 2. The molecule has 0 saturated carbocycles. The van der Waals surface area contributed by atoms with Crippen LogP contribution in [0.15, 0.2) is 39.5 Å². The predicted octanol–water partition coefficient (Wildman–Crippen LogP) is 3.72. The van der Waals surface area contributed by atoms with Gasteiger partial charge in [-0.1, -0.05) is 20.3 Å². The van der Waals surface area contributed by atoms with E-state index < -0.39 is 17.2 Å². The number of carbonyl (C=O) groups excluding carboxylic acids is 1. The number of aliphatic carboxylic acids is 1. The van der Waals surface area contributed by atoms with E-state index in [0.717, 1.165) is 18.6 Å². The number of hydrogen-bond donors (Lipinski definition) is 1. The Morgan fingerprint density at radius 2 is 1.79 bits per heavy atom. The van der Waals surface area contributed by atoms with Gasteiger partial charge in [0.15, 0.2) is 11.3 Å². The van der Waals surface area contributed by atoms with E-state index in [-0.39, 0.29) is 5.91 Å². The number of amides is 1. The maximum Gasteiger partial charge on any atom is 0.347 e. The Bertz CT molecular complexity index is 997. The Hall–Kier alpha value is -3.23. The summed E-state index contributed by atoms with van der Waals surface area (Å²) in [6.45, 7) is 9.92. The molecule has 9 nitrogen and oxygen atoms in total. The average molecular weight is 457 g/mol. The number of aliphatic imine (C=N–C) groups is 1. The van der Waals surface area contributed by atoms with Gasteiger partial charge in [0, 0.05) is 6.54 Å². The molecule has 0 fully saturated rings. The fourth-order valence-corrected chi connectivity index (χ4v) is 3.62. The molecule has 1 N–H and O–H groups in total. The smallest absolute Gasteiger partial charge is 0.347 e. The Morgan fingerprint density at radius 1 is 1.12 bits per heavy atom. The normalized spacial score (nSPS) is 20.1. The molecule has 0 radical (unpaired) electrons. The summed E-state index contributed by atoms with van der Waals surface area (Å²) in [5.41, 5.74) is -0.177. The first kappa shape index (κ1) is 24.4. The molecule has 1 aromatic rings. The summed E-state index contributed by atoms with van der Waals surface area (Å²) in [5, 5.41) is 17.5. The highest BCUT2D eigenvalue weighted by Gasteiger charge is 2.44. The van der Waals surface area contributed by atoms with Crippen LogP contribution in [0.5, 0.6) is 11.5 Å². The van der Waals surface area contributed by atoms with Crippen molar-refractivity contribution in [1.29, 1.82) is 0 Å². The van der Waals surface area contributed by atoms with Gasteiger partial charge in [0.2, 0.25) is 0 Å². The molecule has 1 amide bonds. The maximum atomic E-state index is 13.1. The molecule has 2 aliphatic rings. The molecule has 1 aromatic carbocycles. The van der Waals surface area contributed by atoms with E-state index >= 15 is 0 Å². The van der Waals surface area contributed by atoms with Crippen LogP contribution in [0.2, 0.25) is 0 Å². The summed E-state index contributed by atoms with van der Waals surface area (Å²) in [5.74, 6) is -0.0936. The molecule has 2 aliphatic heterocycles. The summed E-state index contributed by atoms with van der Waals surface area (Å²) in [4.78, 5) is 31.0. The Balaban J connectivity index is 1.57. The third kappa shape index (κ3) is 5.23. The van der Waals surface area contributed by atoms with Crippen LogP contribution in [-0.4, -0.2) is 63.4 Å². The van der Waals surface area contributed by atoms with E-state index in [9.17, 15) is 9.59 Å². The summed E-state index contributed by atoms with van der Waals surface area (Å²) in [7, 11) is 0. The van der Waals surface area contributed by atoms with Crippen LogP contribution in [0.25, 0.3) is 0 Å². The summed E-state index contributed by atoms with van der Waals surface area (Å²) >= 11 is 0. The standard InChI is InChI=1S/C24H32N4O5/c1-6-9-18-19-20(27-26-18)21(29)28(24(5,7-2)25-19)14-8-15-32-16-10-12-17(13-11-16)33-23(3,4)22(30)31/h10-13H,6-9,14-15H2,1-5H3,(H,30,31). The quantitative estimate of drug-likeness (QED) is 0.510. The number of fused-ring (bicyclic) bond motifs is 1. The van der Waals surface area contributed by atoms with Gasteiger partial charge in [-0.2, -0.15) is 5.10 Å². The van der Waals surface area contributed by atoms with Crippen molar-refractivity contribution >= 4 is 29.0 Å². The molecule has 9 heteroatoms. The topological polar surface area (TPSA) is 113 Å². The Labute approximate surface area is 194 Å². The monoisotopic (exact) mass is 456 g/mol. The second kappa shape index (κ2) is 9.72. The number of benzene rings is 1. The highest BCUT2D eigenvalue weighted by molar-refractivity contribution is 6.83. The van der Waals surface area contributed by atoms with Gasteiger partial charge in [-0.25, -0.2) is 4.79 Å². The van der Waals surface area contributed by atoms with Gasteiger partial charge in [0.25, 0.3) is 5.91 Å². The van der Waals surface area contributed by atoms with E-state index in [1.165, 1.54) is 13.8 Å². The van der Waals surface area contributed by atoms with E-state index in [2.05, 4.69) is 17.1 Å². The number of nitrogens with zero attached hydrogens (tertiary/aromatic N) is 4. The van der Waals surface area contributed by atoms with E-state index in [4.69, 9.17) is 19.6 Å². The van der Waals surface area contributed by atoms with E-state index in [1.54, 1.807) is 29.2 Å². The van der Waals surface area contributed by atoms with Crippen LogP contribution < -0.4 is 9.47 Å². The van der Waals surface area contributed by atoms with Crippen LogP contribution >= 0.6 is 0 Å². The SMILES string of the molecule is CCCC1=NN=C2C(=O)N(CCCOc3ccc(OC(C)(C)C(=O)O)cc3)C(C)(CC)N=C12. The van der Waals surface area contributed by atoms with Crippen LogP contribution in [0.1, 0.15) is 60.3 Å². The van der Waals surface area contributed by atoms with Gasteiger partial charge in [-0.15, -0.1) is 5.10 Å². The fraction of sp³-hybridized carbons (Fsp3) is 0.542. The second-order valence-corrected chi connectivity index (χ2v) is 8.82. The minimum absolute atomic E-state index is 0.137. The summed E-state index contributed by atoms with van der Waals surface area (Å²) in [6.07, 6.45) is 2.98. The summed E-state index contributed by atoms with van der Waals surface area (Å²) < 4.78 is 11.3. The molecule has 0 aliphatic carbocycles.